The summed E-state index contributed by atoms with van der Waals surface area (Å²) in [5.41, 5.74) is 3.90. The lowest BCUT2D eigenvalue weighted by molar-refractivity contribution is -0.143. The molecule has 1 heterocycles. The monoisotopic (exact) mass is 484 g/mol. The summed E-state index contributed by atoms with van der Waals surface area (Å²) in [6.07, 6.45) is 11.2. The second-order valence-electron chi connectivity index (χ2n) is 11.9. The maximum absolute atomic E-state index is 11.3. The van der Waals surface area contributed by atoms with E-state index in [-0.39, 0.29) is 5.92 Å². The molecule has 1 saturated heterocycles. The second-order valence-corrected chi connectivity index (χ2v) is 11.9. The molecule has 2 aromatic carbocycles. The van der Waals surface area contributed by atoms with Crippen LogP contribution in [0.2, 0.25) is 0 Å². The van der Waals surface area contributed by atoms with Crippen molar-refractivity contribution in [3.63, 3.8) is 0 Å². The molecule has 3 fully saturated rings. The van der Waals surface area contributed by atoms with Crippen molar-refractivity contribution in [2.75, 3.05) is 19.6 Å². The third kappa shape index (κ3) is 6.19. The first-order chi connectivity index (χ1) is 17.5. The Hall–Kier alpha value is -2.64. The van der Waals surface area contributed by atoms with Crippen molar-refractivity contribution in [2.24, 2.45) is 23.2 Å². The molecule has 1 unspecified atom stereocenters. The van der Waals surface area contributed by atoms with Crippen molar-refractivity contribution in [1.82, 2.24) is 4.90 Å². The van der Waals surface area contributed by atoms with E-state index >= 15 is 0 Å². The molecule has 2 aliphatic carbocycles. The van der Waals surface area contributed by atoms with Crippen LogP contribution in [0.25, 0.3) is 0 Å². The number of likely N-dealkylation sites (tertiary alicyclic amines) is 1. The molecule has 190 valence electrons. The molecule has 0 amide bonds. The number of nitriles is 1. The summed E-state index contributed by atoms with van der Waals surface area (Å²) in [5.74, 6) is 1.48. The number of hydrogen-bond donors (Lipinski definition) is 1. The molecule has 4 nitrogen and oxygen atoms in total. The van der Waals surface area contributed by atoms with Gasteiger partial charge in [0.05, 0.1) is 17.6 Å². The SMILES string of the molecule is N#Cc1cccc(CC2(CC[C@@H]3CC3c3ccccc3)CCN(CC3CCC(C(=O)O)CC3)CC2)c1. The Labute approximate surface area is 216 Å². The first-order valence-corrected chi connectivity index (χ1v) is 14.0. The van der Waals surface area contributed by atoms with Crippen molar-refractivity contribution < 1.29 is 9.90 Å². The summed E-state index contributed by atoms with van der Waals surface area (Å²) in [7, 11) is 0. The maximum Gasteiger partial charge on any atom is 0.306 e. The average molecular weight is 485 g/mol. The Morgan fingerprint density at radius 2 is 1.78 bits per heavy atom. The van der Waals surface area contributed by atoms with E-state index in [1.807, 2.05) is 12.1 Å². The lowest BCUT2D eigenvalue weighted by Gasteiger charge is -2.44. The number of piperidine rings is 1. The zero-order chi connectivity index (χ0) is 25.0. The number of nitrogens with zero attached hydrogens (tertiary/aromatic N) is 2. The predicted molar refractivity (Wildman–Crippen MR) is 143 cm³/mol. The fourth-order valence-corrected chi connectivity index (χ4v) is 7.03. The standard InChI is InChI=1S/C32H40N2O2/c33-22-26-6-4-5-25(19-26)21-32(14-13-29-20-30(29)27-7-2-1-3-8-27)15-17-34(18-16-32)23-24-9-11-28(12-10-24)31(35)36/h1-8,19,24,28-30H,9-18,20-21,23H2,(H,35,36)/t24?,28?,29-,30?/m1/s1. The van der Waals surface area contributed by atoms with Gasteiger partial charge in [0.1, 0.15) is 0 Å². The lowest BCUT2D eigenvalue weighted by atomic mass is 9.70. The zero-order valence-corrected chi connectivity index (χ0v) is 21.4. The van der Waals surface area contributed by atoms with E-state index in [2.05, 4.69) is 53.4 Å². The van der Waals surface area contributed by atoms with Crippen molar-refractivity contribution >= 4 is 5.97 Å². The second kappa shape index (κ2) is 11.2. The van der Waals surface area contributed by atoms with Crippen LogP contribution in [-0.4, -0.2) is 35.6 Å². The first kappa shape index (κ1) is 25.0. The van der Waals surface area contributed by atoms with Crippen molar-refractivity contribution in [3.05, 3.63) is 71.3 Å². The molecule has 4 heteroatoms. The van der Waals surface area contributed by atoms with Gasteiger partial charge in [-0.3, -0.25) is 4.79 Å². The van der Waals surface area contributed by atoms with Gasteiger partial charge in [0.15, 0.2) is 0 Å². The van der Waals surface area contributed by atoms with Gasteiger partial charge in [0, 0.05) is 6.54 Å². The first-order valence-electron chi connectivity index (χ1n) is 14.0. The molecule has 3 aliphatic rings. The minimum absolute atomic E-state index is 0.124. The summed E-state index contributed by atoms with van der Waals surface area (Å²) >= 11 is 0. The van der Waals surface area contributed by atoms with Gasteiger partial charge in [-0.25, -0.2) is 0 Å². The van der Waals surface area contributed by atoms with E-state index in [1.165, 1.54) is 43.2 Å². The molecule has 2 aromatic rings. The van der Waals surface area contributed by atoms with Gasteiger partial charge in [-0.1, -0.05) is 42.5 Å². The van der Waals surface area contributed by atoms with Crippen molar-refractivity contribution in [2.45, 2.75) is 70.1 Å². The Morgan fingerprint density at radius 1 is 1.03 bits per heavy atom. The van der Waals surface area contributed by atoms with E-state index in [0.29, 0.717) is 11.3 Å². The summed E-state index contributed by atoms with van der Waals surface area (Å²) < 4.78 is 0. The molecular formula is C32H40N2O2. The summed E-state index contributed by atoms with van der Waals surface area (Å²) in [4.78, 5) is 14.0. The van der Waals surface area contributed by atoms with Crippen LogP contribution in [0, 0.1) is 34.5 Å². The fourth-order valence-electron chi connectivity index (χ4n) is 7.03. The van der Waals surface area contributed by atoms with Crippen LogP contribution < -0.4 is 0 Å². The van der Waals surface area contributed by atoms with Gasteiger partial charge in [-0.2, -0.15) is 5.26 Å². The quantitative estimate of drug-likeness (QED) is 0.432. The van der Waals surface area contributed by atoms with Crippen molar-refractivity contribution in [3.8, 4) is 6.07 Å². The largest absolute Gasteiger partial charge is 0.481 e. The third-order valence-electron chi connectivity index (χ3n) is 9.46. The molecule has 0 spiro atoms. The molecule has 0 radical (unpaired) electrons. The van der Waals surface area contributed by atoms with Crippen LogP contribution in [0.4, 0.5) is 0 Å². The van der Waals surface area contributed by atoms with E-state index in [0.717, 1.165) is 69.1 Å². The number of rotatable bonds is 9. The van der Waals surface area contributed by atoms with Crippen LogP contribution in [0.3, 0.4) is 0 Å². The number of carbonyl (C=O) groups is 1. The van der Waals surface area contributed by atoms with Crippen LogP contribution in [0.5, 0.6) is 0 Å². The average Bonchev–Trinajstić information content (AvgIpc) is 3.70. The molecule has 0 bridgehead atoms. The molecule has 2 atom stereocenters. The topological polar surface area (TPSA) is 64.3 Å². The highest BCUT2D eigenvalue weighted by Gasteiger charge is 2.41. The van der Waals surface area contributed by atoms with Gasteiger partial charge in [0.2, 0.25) is 0 Å². The maximum atomic E-state index is 11.3. The van der Waals surface area contributed by atoms with E-state index < -0.39 is 5.97 Å². The predicted octanol–water partition coefficient (Wildman–Crippen LogP) is 6.66. The lowest BCUT2D eigenvalue weighted by Crippen LogP contribution is -2.43. The Bertz CT molecular complexity index is 1060. The molecule has 1 aliphatic heterocycles. The van der Waals surface area contributed by atoms with E-state index in [9.17, 15) is 15.2 Å². The molecule has 5 rings (SSSR count). The summed E-state index contributed by atoms with van der Waals surface area (Å²) in [5, 5.41) is 18.7. The number of hydrogen-bond acceptors (Lipinski definition) is 3. The third-order valence-corrected chi connectivity index (χ3v) is 9.46. The zero-order valence-electron chi connectivity index (χ0n) is 21.4. The molecule has 0 aromatic heterocycles. The minimum Gasteiger partial charge on any atom is -0.481 e. The molecule has 36 heavy (non-hydrogen) atoms. The number of carboxylic acid groups (broad SMARTS) is 1. The highest BCUT2D eigenvalue weighted by Crippen LogP contribution is 2.52. The summed E-state index contributed by atoms with van der Waals surface area (Å²) in [6, 6.07) is 21.6. The van der Waals surface area contributed by atoms with E-state index in [4.69, 9.17) is 0 Å². The van der Waals surface area contributed by atoms with E-state index in [1.54, 1.807) is 0 Å². The van der Waals surface area contributed by atoms with Gasteiger partial charge < -0.3 is 10.0 Å². The van der Waals surface area contributed by atoms with Crippen molar-refractivity contribution in [1.29, 1.82) is 5.26 Å². The van der Waals surface area contributed by atoms with Gasteiger partial charge in [0.25, 0.3) is 0 Å². The molecule has 1 N–H and O–H groups in total. The van der Waals surface area contributed by atoms with Crippen LogP contribution in [0.15, 0.2) is 54.6 Å². The number of aliphatic carboxylic acids is 1. The molecular weight excluding hydrogens is 444 g/mol. The number of carboxylic acids is 1. The highest BCUT2D eigenvalue weighted by molar-refractivity contribution is 5.70. The minimum atomic E-state index is -0.609. The van der Waals surface area contributed by atoms with Gasteiger partial charge in [-0.15, -0.1) is 0 Å². The normalized spacial score (nSPS) is 27.8. The highest BCUT2D eigenvalue weighted by atomic mass is 16.4. The fraction of sp³-hybridized carbons (Fsp3) is 0.562. The van der Waals surface area contributed by atoms with Crippen LogP contribution in [0.1, 0.15) is 80.4 Å². The van der Waals surface area contributed by atoms with Crippen LogP contribution in [-0.2, 0) is 11.2 Å². The smallest absolute Gasteiger partial charge is 0.306 e. The van der Waals surface area contributed by atoms with Gasteiger partial charge >= 0.3 is 5.97 Å². The molecule has 2 saturated carbocycles. The Balaban J connectivity index is 1.19. The number of benzene rings is 2. The Morgan fingerprint density at radius 3 is 2.47 bits per heavy atom. The van der Waals surface area contributed by atoms with Gasteiger partial charge in [-0.05, 0) is 124 Å². The Kier molecular flexibility index (Phi) is 7.77. The summed E-state index contributed by atoms with van der Waals surface area (Å²) in [6.45, 7) is 3.41. The van der Waals surface area contributed by atoms with Crippen LogP contribution >= 0.6 is 0 Å².